The number of fused-ring (bicyclic) bond motifs is 5. The van der Waals surface area contributed by atoms with E-state index in [0.29, 0.717) is 17.5 Å². The van der Waals surface area contributed by atoms with Crippen LogP contribution in [0.2, 0.25) is 0 Å². The molecular formula is C53H33N3O. The van der Waals surface area contributed by atoms with Gasteiger partial charge in [0.1, 0.15) is 11.2 Å². The average molecular weight is 728 g/mol. The maximum atomic E-state index is 6.58. The van der Waals surface area contributed by atoms with Crippen molar-refractivity contribution < 1.29 is 4.42 Å². The molecule has 9 aromatic carbocycles. The lowest BCUT2D eigenvalue weighted by molar-refractivity contribution is 0.669. The summed E-state index contributed by atoms with van der Waals surface area (Å²) >= 11 is 0. The van der Waals surface area contributed by atoms with Crippen LogP contribution in [0.1, 0.15) is 0 Å². The lowest BCUT2D eigenvalue weighted by Gasteiger charge is -2.10. The van der Waals surface area contributed by atoms with E-state index in [1.807, 2.05) is 18.2 Å². The van der Waals surface area contributed by atoms with Gasteiger partial charge in [0.2, 0.25) is 0 Å². The summed E-state index contributed by atoms with van der Waals surface area (Å²) in [5.41, 5.74) is 11.3. The van der Waals surface area contributed by atoms with Gasteiger partial charge in [0.25, 0.3) is 0 Å². The summed E-state index contributed by atoms with van der Waals surface area (Å²) in [6.07, 6.45) is 0. The van der Waals surface area contributed by atoms with Crippen molar-refractivity contribution in [1.82, 2.24) is 15.0 Å². The Balaban J connectivity index is 1.01. The third-order valence-electron chi connectivity index (χ3n) is 11.0. The third kappa shape index (κ3) is 5.92. The summed E-state index contributed by atoms with van der Waals surface area (Å²) in [5.74, 6) is 1.82. The molecule has 0 radical (unpaired) electrons. The minimum Gasteiger partial charge on any atom is -0.456 e. The maximum Gasteiger partial charge on any atom is 0.164 e. The predicted octanol–water partition coefficient (Wildman–Crippen LogP) is 14.1. The molecule has 0 saturated heterocycles. The quantitative estimate of drug-likeness (QED) is 0.171. The number of hydrogen-bond acceptors (Lipinski definition) is 4. The van der Waals surface area contributed by atoms with E-state index in [4.69, 9.17) is 19.4 Å². The topological polar surface area (TPSA) is 51.8 Å². The highest BCUT2D eigenvalue weighted by Gasteiger charge is 2.19. The zero-order valence-corrected chi connectivity index (χ0v) is 30.8. The zero-order valence-electron chi connectivity index (χ0n) is 30.8. The first-order valence-electron chi connectivity index (χ1n) is 19.2. The molecule has 0 amide bonds. The van der Waals surface area contributed by atoms with Crippen molar-refractivity contribution in [2.45, 2.75) is 0 Å². The van der Waals surface area contributed by atoms with Gasteiger partial charge in [-0.3, -0.25) is 0 Å². The summed E-state index contributed by atoms with van der Waals surface area (Å²) in [6.45, 7) is 0. The number of rotatable bonds is 6. The van der Waals surface area contributed by atoms with Crippen LogP contribution in [-0.4, -0.2) is 15.0 Å². The first-order chi connectivity index (χ1) is 28.2. The van der Waals surface area contributed by atoms with Crippen LogP contribution in [-0.2, 0) is 0 Å². The van der Waals surface area contributed by atoms with Gasteiger partial charge in [0.05, 0.1) is 0 Å². The minimum atomic E-state index is 0.594. The number of hydrogen-bond donors (Lipinski definition) is 0. The molecule has 0 fully saturated rings. The Morgan fingerprint density at radius 2 is 0.842 bits per heavy atom. The molecule has 2 aromatic heterocycles. The summed E-state index contributed by atoms with van der Waals surface area (Å²) in [6, 6.07) is 70.0. The highest BCUT2D eigenvalue weighted by atomic mass is 16.3. The highest BCUT2D eigenvalue weighted by Crippen LogP contribution is 2.39. The fraction of sp³-hybridized carbons (Fsp3) is 0. The molecule has 4 nitrogen and oxygen atoms in total. The van der Waals surface area contributed by atoms with Gasteiger partial charge >= 0.3 is 0 Å². The summed E-state index contributed by atoms with van der Waals surface area (Å²) in [7, 11) is 0. The standard InChI is InChI=1S/C53H33N3O/c1-2-10-34(11-3-1)36-22-27-40(28-23-36)51-54-52(43-29-24-35-12-4-5-14-41(35)32-43)56-53(55-51)47-18-9-19-48-50(47)46-31-30-42(33-49(46)57-48)37-20-25-39(26-21-37)45-17-8-15-38-13-6-7-16-44(38)45/h1-33H. The van der Waals surface area contributed by atoms with Crippen molar-refractivity contribution >= 4 is 43.5 Å². The number of benzene rings is 9. The monoisotopic (exact) mass is 727 g/mol. The van der Waals surface area contributed by atoms with Crippen LogP contribution in [0.5, 0.6) is 0 Å². The second-order valence-corrected chi connectivity index (χ2v) is 14.4. The minimum absolute atomic E-state index is 0.594. The van der Waals surface area contributed by atoms with Crippen LogP contribution in [0.4, 0.5) is 0 Å². The van der Waals surface area contributed by atoms with Gasteiger partial charge in [0.15, 0.2) is 17.5 Å². The first-order valence-corrected chi connectivity index (χ1v) is 19.2. The van der Waals surface area contributed by atoms with Crippen LogP contribution < -0.4 is 0 Å². The van der Waals surface area contributed by atoms with Gasteiger partial charge in [-0.05, 0) is 79.2 Å². The Kier molecular flexibility index (Phi) is 7.78. The van der Waals surface area contributed by atoms with E-state index in [2.05, 4.69) is 182 Å². The van der Waals surface area contributed by atoms with E-state index in [0.717, 1.165) is 66.3 Å². The number of furan rings is 1. The Bertz CT molecular complexity index is 3270. The second kappa shape index (κ2) is 13.6. The van der Waals surface area contributed by atoms with E-state index in [9.17, 15) is 0 Å². The molecule has 57 heavy (non-hydrogen) atoms. The Labute approximate surface area is 329 Å². The van der Waals surface area contributed by atoms with E-state index in [1.54, 1.807) is 0 Å². The summed E-state index contributed by atoms with van der Waals surface area (Å²) in [4.78, 5) is 15.4. The Morgan fingerprint density at radius 3 is 1.67 bits per heavy atom. The predicted molar refractivity (Wildman–Crippen MR) is 235 cm³/mol. The first kappa shape index (κ1) is 32.7. The normalized spacial score (nSPS) is 11.5. The van der Waals surface area contributed by atoms with Crippen molar-refractivity contribution in [3.8, 4) is 67.5 Å². The molecule has 0 aliphatic heterocycles. The fourth-order valence-electron chi connectivity index (χ4n) is 8.04. The van der Waals surface area contributed by atoms with Crippen molar-refractivity contribution in [3.63, 3.8) is 0 Å². The molecule has 0 atom stereocenters. The number of nitrogens with zero attached hydrogens (tertiary/aromatic N) is 3. The van der Waals surface area contributed by atoms with Crippen LogP contribution in [0.3, 0.4) is 0 Å². The lowest BCUT2D eigenvalue weighted by atomic mass is 9.96. The molecule has 0 bridgehead atoms. The molecule has 11 aromatic rings. The van der Waals surface area contributed by atoms with Gasteiger partial charge in [-0.15, -0.1) is 0 Å². The molecule has 0 saturated carbocycles. The van der Waals surface area contributed by atoms with Gasteiger partial charge in [0, 0.05) is 27.5 Å². The molecule has 0 N–H and O–H groups in total. The van der Waals surface area contributed by atoms with E-state index >= 15 is 0 Å². The zero-order chi connectivity index (χ0) is 37.7. The second-order valence-electron chi connectivity index (χ2n) is 14.4. The SMILES string of the molecule is c1ccc(-c2ccc(-c3nc(-c4ccc5ccccc5c4)nc(-c4cccc5oc6cc(-c7ccc(-c8cccc9ccccc89)cc7)ccc6c45)n3)cc2)cc1. The molecule has 0 aliphatic rings. The molecule has 4 heteroatoms. The van der Waals surface area contributed by atoms with Gasteiger partial charge in [-0.2, -0.15) is 0 Å². The molecule has 2 heterocycles. The molecular weight excluding hydrogens is 695 g/mol. The molecule has 0 unspecified atom stereocenters. The van der Waals surface area contributed by atoms with Crippen molar-refractivity contribution in [3.05, 3.63) is 200 Å². The van der Waals surface area contributed by atoms with Crippen LogP contribution >= 0.6 is 0 Å². The van der Waals surface area contributed by atoms with Gasteiger partial charge in [-0.1, -0.05) is 176 Å². The number of aromatic nitrogens is 3. The fourth-order valence-corrected chi connectivity index (χ4v) is 8.04. The molecule has 266 valence electrons. The Morgan fingerprint density at radius 1 is 0.281 bits per heavy atom. The van der Waals surface area contributed by atoms with Crippen molar-refractivity contribution in [1.29, 1.82) is 0 Å². The van der Waals surface area contributed by atoms with Crippen LogP contribution in [0, 0.1) is 0 Å². The highest BCUT2D eigenvalue weighted by molar-refractivity contribution is 6.12. The van der Waals surface area contributed by atoms with Gasteiger partial charge < -0.3 is 4.42 Å². The van der Waals surface area contributed by atoms with E-state index in [-0.39, 0.29) is 0 Å². The lowest BCUT2D eigenvalue weighted by Crippen LogP contribution is -2.00. The van der Waals surface area contributed by atoms with E-state index in [1.165, 1.54) is 27.3 Å². The maximum absolute atomic E-state index is 6.58. The van der Waals surface area contributed by atoms with Gasteiger partial charge in [-0.25, -0.2) is 15.0 Å². The molecule has 0 spiro atoms. The Hall–Kier alpha value is -7.69. The van der Waals surface area contributed by atoms with Crippen LogP contribution in [0.15, 0.2) is 205 Å². The van der Waals surface area contributed by atoms with Crippen molar-refractivity contribution in [2.24, 2.45) is 0 Å². The third-order valence-corrected chi connectivity index (χ3v) is 11.0. The van der Waals surface area contributed by atoms with Crippen LogP contribution in [0.25, 0.3) is 111 Å². The van der Waals surface area contributed by atoms with E-state index < -0.39 is 0 Å². The summed E-state index contributed by atoms with van der Waals surface area (Å²) in [5, 5.41) is 6.78. The largest absolute Gasteiger partial charge is 0.456 e. The smallest absolute Gasteiger partial charge is 0.164 e. The average Bonchev–Trinajstić information content (AvgIpc) is 3.67. The molecule has 0 aliphatic carbocycles. The van der Waals surface area contributed by atoms with Crippen molar-refractivity contribution in [2.75, 3.05) is 0 Å². The summed E-state index contributed by atoms with van der Waals surface area (Å²) < 4.78 is 6.58. The molecule has 11 rings (SSSR count).